The molecule has 0 spiro atoms. The summed E-state index contributed by atoms with van der Waals surface area (Å²) in [4.78, 5) is 14.2. The number of ether oxygens (including phenoxy) is 2. The summed E-state index contributed by atoms with van der Waals surface area (Å²) >= 11 is 0. The minimum atomic E-state index is 0.682. The Morgan fingerprint density at radius 3 is 1.35 bits per heavy atom. The van der Waals surface area contributed by atoms with Crippen LogP contribution >= 0.6 is 0 Å². The van der Waals surface area contributed by atoms with Gasteiger partial charge in [0.15, 0.2) is 0 Å². The van der Waals surface area contributed by atoms with Crippen molar-refractivity contribution in [2.75, 3.05) is 13.2 Å². The van der Waals surface area contributed by atoms with Gasteiger partial charge in [-0.25, -0.2) is 4.98 Å². The fourth-order valence-electron chi connectivity index (χ4n) is 4.37. The number of nitrogens with zero attached hydrogens (tertiary/aromatic N) is 3. The molecule has 202 valence electrons. The molecule has 0 radical (unpaired) electrons. The predicted octanol–water partition coefficient (Wildman–Crippen LogP) is 7.85. The Balaban J connectivity index is 1.10. The van der Waals surface area contributed by atoms with Crippen LogP contribution in [0, 0.1) is 13.8 Å². The van der Waals surface area contributed by atoms with Crippen molar-refractivity contribution in [3.05, 3.63) is 126 Å². The second-order valence-corrected chi connectivity index (χ2v) is 10.0. The van der Waals surface area contributed by atoms with Gasteiger partial charge < -0.3 is 9.47 Å². The normalized spacial score (nSPS) is 10.8. The first-order valence-electron chi connectivity index (χ1n) is 13.9. The Kier molecular flexibility index (Phi) is 9.15. The maximum Gasteiger partial charge on any atom is 0.119 e. The summed E-state index contributed by atoms with van der Waals surface area (Å²) in [5.41, 5.74) is 8.23. The molecule has 5 heteroatoms. The van der Waals surface area contributed by atoms with Crippen molar-refractivity contribution in [2.45, 2.75) is 39.5 Å². The number of aryl methyl sites for hydroxylation is 4. The van der Waals surface area contributed by atoms with Gasteiger partial charge in [-0.3, -0.25) is 9.97 Å². The van der Waals surface area contributed by atoms with Crippen molar-refractivity contribution < 1.29 is 9.47 Å². The summed E-state index contributed by atoms with van der Waals surface area (Å²) in [7, 11) is 0. The third-order valence-corrected chi connectivity index (χ3v) is 6.72. The number of pyridine rings is 3. The Bertz CT molecular complexity index is 1370. The summed E-state index contributed by atoms with van der Waals surface area (Å²) in [5, 5.41) is 0. The second-order valence-electron chi connectivity index (χ2n) is 10.0. The lowest BCUT2D eigenvalue weighted by molar-refractivity contribution is 0.311. The lowest BCUT2D eigenvalue weighted by Gasteiger charge is -2.08. The highest BCUT2D eigenvalue weighted by Gasteiger charge is 2.07. The fraction of sp³-hybridized carbons (Fsp3) is 0.229. The van der Waals surface area contributed by atoms with Gasteiger partial charge in [-0.2, -0.15) is 0 Å². The molecule has 2 aromatic carbocycles. The third-order valence-electron chi connectivity index (χ3n) is 6.72. The molecule has 0 amide bonds. The van der Waals surface area contributed by atoms with Crippen LogP contribution in [0.5, 0.6) is 11.5 Å². The van der Waals surface area contributed by atoms with E-state index in [0.717, 1.165) is 60.0 Å². The Morgan fingerprint density at radius 1 is 0.500 bits per heavy atom. The number of hydrogen-bond acceptors (Lipinski definition) is 5. The summed E-state index contributed by atoms with van der Waals surface area (Å²) in [6, 6.07) is 30.6. The summed E-state index contributed by atoms with van der Waals surface area (Å²) in [6.45, 7) is 5.52. The van der Waals surface area contributed by atoms with E-state index in [1.54, 1.807) is 0 Å². The van der Waals surface area contributed by atoms with Crippen LogP contribution in [0.3, 0.4) is 0 Å². The van der Waals surface area contributed by atoms with E-state index in [1.165, 1.54) is 22.3 Å². The SMILES string of the molecule is Cc1ccc(OCCCc2ccc(-c3cccc(-c4ccc(CCCOc5ccc(C)cc5)cn4)n3)nc2)cc1. The van der Waals surface area contributed by atoms with E-state index in [9.17, 15) is 0 Å². The van der Waals surface area contributed by atoms with Crippen LogP contribution in [-0.2, 0) is 12.8 Å². The zero-order valence-electron chi connectivity index (χ0n) is 23.2. The zero-order chi connectivity index (χ0) is 27.6. The van der Waals surface area contributed by atoms with Crippen molar-refractivity contribution in [2.24, 2.45) is 0 Å². The molecule has 0 aliphatic rings. The first-order chi connectivity index (χ1) is 19.6. The summed E-state index contributed by atoms with van der Waals surface area (Å²) in [5.74, 6) is 1.83. The largest absolute Gasteiger partial charge is 0.494 e. The molecule has 5 nitrogen and oxygen atoms in total. The molecule has 5 rings (SSSR count). The van der Waals surface area contributed by atoms with Crippen LogP contribution in [0.1, 0.15) is 35.1 Å². The van der Waals surface area contributed by atoms with Gasteiger partial charge in [0.05, 0.1) is 36.0 Å². The van der Waals surface area contributed by atoms with Gasteiger partial charge in [0.25, 0.3) is 0 Å². The molecule has 0 aliphatic heterocycles. The van der Waals surface area contributed by atoms with Crippen molar-refractivity contribution in [3.63, 3.8) is 0 Å². The first kappa shape index (κ1) is 27.1. The summed E-state index contributed by atoms with van der Waals surface area (Å²) in [6.07, 6.45) is 7.58. The zero-order valence-corrected chi connectivity index (χ0v) is 23.2. The van der Waals surface area contributed by atoms with Crippen LogP contribution in [0.2, 0.25) is 0 Å². The molecule has 0 saturated heterocycles. The van der Waals surface area contributed by atoms with Crippen LogP contribution in [-0.4, -0.2) is 28.2 Å². The van der Waals surface area contributed by atoms with E-state index >= 15 is 0 Å². The van der Waals surface area contributed by atoms with E-state index in [1.807, 2.05) is 67.0 Å². The molecule has 0 fully saturated rings. The van der Waals surface area contributed by atoms with E-state index in [-0.39, 0.29) is 0 Å². The Labute approximate surface area is 236 Å². The lowest BCUT2D eigenvalue weighted by atomic mass is 10.1. The minimum Gasteiger partial charge on any atom is -0.494 e. The molecular weight excluding hydrogens is 494 g/mol. The molecule has 40 heavy (non-hydrogen) atoms. The molecule has 0 N–H and O–H groups in total. The molecule has 0 aliphatic carbocycles. The van der Waals surface area contributed by atoms with E-state index < -0.39 is 0 Å². The number of aromatic nitrogens is 3. The van der Waals surface area contributed by atoms with Crippen molar-refractivity contribution >= 4 is 0 Å². The van der Waals surface area contributed by atoms with Crippen LogP contribution in [0.4, 0.5) is 0 Å². The van der Waals surface area contributed by atoms with E-state index in [2.05, 4.69) is 60.2 Å². The van der Waals surface area contributed by atoms with Crippen molar-refractivity contribution in [1.29, 1.82) is 0 Å². The van der Waals surface area contributed by atoms with Gasteiger partial charge in [-0.05, 0) is 99.2 Å². The van der Waals surface area contributed by atoms with Crippen LogP contribution in [0.15, 0.2) is 103 Å². The van der Waals surface area contributed by atoms with Crippen LogP contribution < -0.4 is 9.47 Å². The third kappa shape index (κ3) is 7.76. The van der Waals surface area contributed by atoms with Gasteiger partial charge in [0.2, 0.25) is 0 Å². The predicted molar refractivity (Wildman–Crippen MR) is 161 cm³/mol. The topological polar surface area (TPSA) is 57.1 Å². The maximum atomic E-state index is 5.84. The fourth-order valence-corrected chi connectivity index (χ4v) is 4.37. The lowest BCUT2D eigenvalue weighted by Crippen LogP contribution is -2.00. The van der Waals surface area contributed by atoms with Gasteiger partial charge in [-0.15, -0.1) is 0 Å². The standard InChI is InChI=1S/C35H35N3O2/c1-26-10-16-30(17-11-26)39-22-4-6-28-14-20-32(36-24-28)34-8-3-9-35(38-34)33-21-15-29(25-37-33)7-5-23-40-31-18-12-27(2)13-19-31/h3,8-21,24-25H,4-7,22-23H2,1-2H3. The molecule has 0 unspecified atom stereocenters. The molecular formula is C35H35N3O2. The van der Waals surface area contributed by atoms with Crippen LogP contribution in [0.25, 0.3) is 22.8 Å². The summed E-state index contributed by atoms with van der Waals surface area (Å²) < 4.78 is 11.7. The molecule has 3 aromatic heterocycles. The molecule has 0 saturated carbocycles. The second kappa shape index (κ2) is 13.5. The number of benzene rings is 2. The highest BCUT2D eigenvalue weighted by atomic mass is 16.5. The quantitative estimate of drug-likeness (QED) is 0.154. The highest BCUT2D eigenvalue weighted by molar-refractivity contribution is 5.61. The number of hydrogen-bond donors (Lipinski definition) is 0. The van der Waals surface area contributed by atoms with Crippen molar-refractivity contribution in [3.8, 4) is 34.3 Å². The van der Waals surface area contributed by atoms with Gasteiger partial charge in [0.1, 0.15) is 11.5 Å². The monoisotopic (exact) mass is 529 g/mol. The molecule has 0 atom stereocenters. The Morgan fingerprint density at radius 2 is 0.950 bits per heavy atom. The van der Waals surface area contributed by atoms with Crippen molar-refractivity contribution in [1.82, 2.24) is 15.0 Å². The average molecular weight is 530 g/mol. The molecule has 3 heterocycles. The van der Waals surface area contributed by atoms with E-state index in [0.29, 0.717) is 13.2 Å². The first-order valence-corrected chi connectivity index (χ1v) is 13.9. The van der Waals surface area contributed by atoms with Gasteiger partial charge >= 0.3 is 0 Å². The van der Waals surface area contributed by atoms with E-state index in [4.69, 9.17) is 14.5 Å². The molecule has 0 bridgehead atoms. The van der Waals surface area contributed by atoms with Gasteiger partial charge in [0, 0.05) is 12.4 Å². The van der Waals surface area contributed by atoms with Gasteiger partial charge in [-0.1, -0.05) is 53.6 Å². The average Bonchev–Trinajstić information content (AvgIpc) is 3.00. The minimum absolute atomic E-state index is 0.682. The number of rotatable bonds is 12. The Hall–Kier alpha value is -4.51. The smallest absolute Gasteiger partial charge is 0.119 e. The molecule has 5 aromatic rings. The highest BCUT2D eigenvalue weighted by Crippen LogP contribution is 2.21. The maximum absolute atomic E-state index is 5.84.